The molecule has 6 nitrogen and oxygen atoms in total. The molecule has 0 aliphatic heterocycles. The second kappa shape index (κ2) is 53.2. The number of esters is 3. The van der Waals surface area contributed by atoms with Crippen molar-refractivity contribution in [2.45, 2.75) is 303 Å². The van der Waals surface area contributed by atoms with Gasteiger partial charge in [0.1, 0.15) is 13.2 Å². The van der Waals surface area contributed by atoms with Gasteiger partial charge in [-0.25, -0.2) is 0 Å². The van der Waals surface area contributed by atoms with Crippen molar-refractivity contribution in [2.24, 2.45) is 0 Å². The molecule has 0 saturated heterocycles. The molecule has 1 atom stereocenters. The molecule has 0 amide bonds. The maximum Gasteiger partial charge on any atom is 0.306 e. The fourth-order valence-corrected chi connectivity index (χ4v) is 8.12. The minimum atomic E-state index is -0.776. The van der Waals surface area contributed by atoms with E-state index in [0.29, 0.717) is 19.3 Å². The Kier molecular flexibility index (Phi) is 51.3. The van der Waals surface area contributed by atoms with Gasteiger partial charge in [-0.15, -0.1) is 0 Å². The Morgan fingerprint density at radius 3 is 0.906 bits per heavy atom. The Labute approximate surface area is 397 Å². The minimum absolute atomic E-state index is 0.0746. The lowest BCUT2D eigenvalue weighted by atomic mass is 10.0. The molecule has 0 bridgehead atoms. The van der Waals surface area contributed by atoms with Crippen LogP contribution < -0.4 is 0 Å². The summed E-state index contributed by atoms with van der Waals surface area (Å²) < 4.78 is 16.8. The molecule has 0 fully saturated rings. The number of ether oxygens (including phenoxy) is 3. The summed E-state index contributed by atoms with van der Waals surface area (Å²) in [7, 11) is 0. The molecule has 0 N–H and O–H groups in total. The molecule has 6 heteroatoms. The Morgan fingerprint density at radius 1 is 0.312 bits per heavy atom. The van der Waals surface area contributed by atoms with E-state index in [0.717, 1.165) is 77.0 Å². The average Bonchev–Trinajstić information content (AvgIpc) is 3.29. The molecule has 0 aromatic rings. The summed E-state index contributed by atoms with van der Waals surface area (Å²) in [5.41, 5.74) is 0. The van der Waals surface area contributed by atoms with Gasteiger partial charge in [0.05, 0.1) is 0 Å². The summed E-state index contributed by atoms with van der Waals surface area (Å²) in [5, 5.41) is 0. The van der Waals surface area contributed by atoms with Crippen molar-refractivity contribution in [1.29, 1.82) is 0 Å². The first-order valence-electron chi connectivity index (χ1n) is 28.0. The quantitative estimate of drug-likeness (QED) is 0.0262. The van der Waals surface area contributed by atoms with Crippen molar-refractivity contribution < 1.29 is 28.6 Å². The number of hydrogen-bond acceptors (Lipinski definition) is 6. The van der Waals surface area contributed by atoms with Gasteiger partial charge in [-0.05, 0) is 77.0 Å². The van der Waals surface area contributed by atoms with Crippen LogP contribution in [0.1, 0.15) is 297 Å². The van der Waals surface area contributed by atoms with E-state index in [4.69, 9.17) is 14.2 Å². The third-order valence-corrected chi connectivity index (χ3v) is 12.4. The number of carbonyl (C=O) groups is 3. The molecule has 1 unspecified atom stereocenters. The summed E-state index contributed by atoms with van der Waals surface area (Å²) in [4.78, 5) is 38.1. The van der Waals surface area contributed by atoms with Gasteiger partial charge in [-0.2, -0.15) is 0 Å². The maximum atomic E-state index is 12.8. The van der Waals surface area contributed by atoms with Crippen LogP contribution in [-0.2, 0) is 28.6 Å². The predicted octanol–water partition coefficient (Wildman–Crippen LogP) is 18.5. The molecule has 0 rings (SSSR count). The lowest BCUT2D eigenvalue weighted by Crippen LogP contribution is -2.30. The average molecular weight is 899 g/mol. The van der Waals surface area contributed by atoms with Gasteiger partial charge in [0.2, 0.25) is 0 Å². The van der Waals surface area contributed by atoms with E-state index in [1.165, 1.54) is 180 Å². The number of hydrogen-bond donors (Lipinski definition) is 0. The number of unbranched alkanes of at least 4 members (excludes halogenated alkanes) is 34. The van der Waals surface area contributed by atoms with Crippen molar-refractivity contribution in [3.63, 3.8) is 0 Å². The molecule has 0 aliphatic rings. The summed E-state index contributed by atoms with van der Waals surface area (Å²) >= 11 is 0. The zero-order chi connectivity index (χ0) is 46.5. The van der Waals surface area contributed by atoms with Crippen LogP contribution in [0.4, 0.5) is 0 Å². The highest BCUT2D eigenvalue weighted by Crippen LogP contribution is 2.16. The monoisotopic (exact) mass is 899 g/mol. The Bertz CT molecular complexity index is 1080. The van der Waals surface area contributed by atoms with Crippen molar-refractivity contribution in [3.05, 3.63) is 36.5 Å². The first-order chi connectivity index (χ1) is 31.5. The zero-order valence-electron chi connectivity index (χ0n) is 42.8. The van der Waals surface area contributed by atoms with E-state index in [1.54, 1.807) is 0 Å². The smallest absolute Gasteiger partial charge is 0.306 e. The molecular weight excluding hydrogens is 793 g/mol. The van der Waals surface area contributed by atoms with Crippen LogP contribution in [0.2, 0.25) is 0 Å². The number of carbonyl (C=O) groups excluding carboxylic acids is 3. The third-order valence-electron chi connectivity index (χ3n) is 12.4. The van der Waals surface area contributed by atoms with Crippen LogP contribution in [0.3, 0.4) is 0 Å². The molecule has 0 aromatic heterocycles. The van der Waals surface area contributed by atoms with Crippen LogP contribution in [0.25, 0.3) is 0 Å². The zero-order valence-corrected chi connectivity index (χ0v) is 42.8. The van der Waals surface area contributed by atoms with Crippen molar-refractivity contribution in [2.75, 3.05) is 13.2 Å². The normalized spacial score (nSPS) is 12.2. The summed E-state index contributed by atoms with van der Waals surface area (Å²) in [6.07, 6.45) is 62.7. The predicted molar refractivity (Wildman–Crippen MR) is 275 cm³/mol. The largest absolute Gasteiger partial charge is 0.462 e. The molecule has 0 spiro atoms. The highest BCUT2D eigenvalue weighted by Gasteiger charge is 2.19. The third kappa shape index (κ3) is 50.6. The van der Waals surface area contributed by atoms with Crippen LogP contribution in [0, 0.1) is 0 Å². The molecule has 64 heavy (non-hydrogen) atoms. The van der Waals surface area contributed by atoms with Gasteiger partial charge in [-0.3, -0.25) is 14.4 Å². The SMILES string of the molecule is CCCCC/C=C\C/C=C\CCCCCCCCCC(=O)OCC(COC(=O)CCCCCCCCCCCCCCCC)OC(=O)CCCCCCC/C=C\CCCCCCCC. The minimum Gasteiger partial charge on any atom is -0.462 e. The fourth-order valence-electron chi connectivity index (χ4n) is 8.12. The molecule has 374 valence electrons. The number of rotatable bonds is 51. The van der Waals surface area contributed by atoms with E-state index in [1.807, 2.05) is 0 Å². The van der Waals surface area contributed by atoms with Gasteiger partial charge in [0.25, 0.3) is 0 Å². The molecular formula is C58H106O6. The first-order valence-corrected chi connectivity index (χ1v) is 28.0. The lowest BCUT2D eigenvalue weighted by Gasteiger charge is -2.18. The van der Waals surface area contributed by atoms with Gasteiger partial charge >= 0.3 is 17.9 Å². The summed E-state index contributed by atoms with van der Waals surface area (Å²) in [5.74, 6) is -0.876. The Balaban J connectivity index is 4.37. The van der Waals surface area contributed by atoms with E-state index < -0.39 is 6.10 Å². The fraction of sp³-hybridized carbons (Fsp3) is 0.845. The van der Waals surface area contributed by atoms with Gasteiger partial charge in [-0.1, -0.05) is 237 Å². The molecule has 0 heterocycles. The van der Waals surface area contributed by atoms with Gasteiger partial charge in [0.15, 0.2) is 6.10 Å². The second-order valence-corrected chi connectivity index (χ2v) is 18.8. The molecule has 0 radical (unpaired) electrons. The molecule has 0 aliphatic carbocycles. The van der Waals surface area contributed by atoms with Crippen molar-refractivity contribution in [3.8, 4) is 0 Å². The van der Waals surface area contributed by atoms with Crippen molar-refractivity contribution >= 4 is 17.9 Å². The summed E-state index contributed by atoms with van der Waals surface area (Å²) in [6, 6.07) is 0. The van der Waals surface area contributed by atoms with E-state index in [9.17, 15) is 14.4 Å². The Morgan fingerprint density at radius 2 is 0.562 bits per heavy atom. The lowest BCUT2D eigenvalue weighted by molar-refractivity contribution is -0.167. The number of allylic oxidation sites excluding steroid dienone is 6. The molecule has 0 aromatic carbocycles. The van der Waals surface area contributed by atoms with Crippen LogP contribution in [0.15, 0.2) is 36.5 Å². The highest BCUT2D eigenvalue weighted by atomic mass is 16.6. The Hall–Kier alpha value is -2.37. The van der Waals surface area contributed by atoms with E-state index >= 15 is 0 Å². The van der Waals surface area contributed by atoms with E-state index in [-0.39, 0.29) is 31.1 Å². The maximum absolute atomic E-state index is 12.8. The topological polar surface area (TPSA) is 78.9 Å². The standard InChI is InChI=1S/C58H106O6/c1-4-7-10-13-16-19-22-25-28-29-31-33-36-39-42-45-48-51-57(60)63-54-55(53-62-56(59)50-47-44-41-38-35-32-27-24-21-18-15-12-9-6-3)64-58(61)52-49-46-43-40-37-34-30-26-23-20-17-14-11-8-5-2/h16,19,25-26,28,30,55H,4-15,17-18,20-24,27,29,31-54H2,1-3H3/b19-16-,28-25-,30-26-. The van der Waals surface area contributed by atoms with Crippen LogP contribution in [0.5, 0.6) is 0 Å². The van der Waals surface area contributed by atoms with Crippen LogP contribution >= 0.6 is 0 Å². The van der Waals surface area contributed by atoms with Crippen LogP contribution in [-0.4, -0.2) is 37.2 Å². The molecule has 0 saturated carbocycles. The van der Waals surface area contributed by atoms with Gasteiger partial charge < -0.3 is 14.2 Å². The van der Waals surface area contributed by atoms with E-state index in [2.05, 4.69) is 57.2 Å². The second-order valence-electron chi connectivity index (χ2n) is 18.8. The van der Waals surface area contributed by atoms with Crippen molar-refractivity contribution in [1.82, 2.24) is 0 Å². The highest BCUT2D eigenvalue weighted by molar-refractivity contribution is 5.71. The van der Waals surface area contributed by atoms with Gasteiger partial charge in [0, 0.05) is 19.3 Å². The summed E-state index contributed by atoms with van der Waals surface area (Å²) in [6.45, 7) is 6.63. The first kappa shape index (κ1) is 61.6.